The molecule has 0 radical (unpaired) electrons. The van der Waals surface area contributed by atoms with Gasteiger partial charge in [-0.05, 0) is 12.1 Å². The lowest BCUT2D eigenvalue weighted by molar-refractivity contribution is -0.114. The Morgan fingerprint density at radius 3 is 2.11 bits per heavy atom. The molecule has 0 heterocycles. The lowest BCUT2D eigenvalue weighted by Gasteiger charge is -2.17. The average Bonchev–Trinajstić information content (AvgIpc) is 2.90. The number of methoxy groups -OCH3 is 1. The monoisotopic (exact) mass is 478 g/mol. The Bertz CT molecular complexity index is 1070. The maximum atomic E-state index is 12.7. The van der Waals surface area contributed by atoms with Gasteiger partial charge in [-0.15, -0.1) is 0 Å². The number of benzene rings is 2. The molecule has 10 heteroatoms. The third-order valence-electron chi connectivity index (χ3n) is 3.96. The van der Waals surface area contributed by atoms with Crippen molar-refractivity contribution in [2.75, 3.05) is 17.7 Å². The predicted molar refractivity (Wildman–Crippen MR) is 115 cm³/mol. The predicted octanol–water partition coefficient (Wildman–Crippen LogP) is 6.48. The van der Waals surface area contributed by atoms with Crippen molar-refractivity contribution in [1.29, 1.82) is 0 Å². The van der Waals surface area contributed by atoms with Crippen molar-refractivity contribution in [2.45, 2.75) is 6.92 Å². The standard InChI is InChI=1S/C18H11Cl5N2O3/c1-6(26)24-8-4-3-7(28-2)5-9(8)25-17-10-11(18(27)16(17)23)13(20)15(22)14(21)12(10)19/h3-5,25H,1-2H3,(H,24,26). The number of hydrogen-bond acceptors (Lipinski definition) is 4. The Labute approximate surface area is 185 Å². The first-order valence-corrected chi connectivity index (χ1v) is 9.59. The van der Waals surface area contributed by atoms with Crippen LogP contribution in [0.25, 0.3) is 5.70 Å². The number of halogens is 5. The first kappa shape index (κ1) is 21.1. The molecule has 0 aromatic heterocycles. The summed E-state index contributed by atoms with van der Waals surface area (Å²) in [7, 11) is 1.50. The van der Waals surface area contributed by atoms with Gasteiger partial charge in [-0.3, -0.25) is 9.59 Å². The third-order valence-corrected chi connectivity index (χ3v) is 6.12. The Morgan fingerprint density at radius 1 is 0.929 bits per heavy atom. The zero-order chi connectivity index (χ0) is 20.7. The van der Waals surface area contributed by atoms with Crippen LogP contribution in [0.1, 0.15) is 22.8 Å². The summed E-state index contributed by atoms with van der Waals surface area (Å²) in [6.07, 6.45) is 0. The number of ether oxygens (including phenoxy) is 1. The molecule has 0 saturated carbocycles. The molecule has 1 amide bonds. The van der Waals surface area contributed by atoms with Gasteiger partial charge in [-0.25, -0.2) is 0 Å². The van der Waals surface area contributed by atoms with Crippen LogP contribution in [0.15, 0.2) is 23.2 Å². The van der Waals surface area contributed by atoms with Crippen molar-refractivity contribution >= 4 is 86.8 Å². The number of Topliss-reactive ketones (excluding diaryl/α,β-unsaturated/α-hetero) is 1. The van der Waals surface area contributed by atoms with Crippen molar-refractivity contribution in [3.05, 3.63) is 54.4 Å². The summed E-state index contributed by atoms with van der Waals surface area (Å²) in [5.74, 6) is -0.322. The van der Waals surface area contributed by atoms with Crippen molar-refractivity contribution in [3.8, 4) is 5.75 Å². The number of hydrogen-bond donors (Lipinski definition) is 2. The molecule has 0 aliphatic heterocycles. The SMILES string of the molecule is COc1ccc(NC(C)=O)c(NC2=C(Cl)C(=O)c3c(Cl)c(Cl)c(Cl)c(Cl)c32)c1. The highest BCUT2D eigenvalue weighted by Crippen LogP contribution is 2.49. The van der Waals surface area contributed by atoms with Gasteiger partial charge >= 0.3 is 0 Å². The van der Waals surface area contributed by atoms with Crippen LogP contribution in [0, 0.1) is 0 Å². The number of amides is 1. The molecule has 0 bridgehead atoms. The van der Waals surface area contributed by atoms with Crippen LogP contribution >= 0.6 is 58.0 Å². The highest BCUT2D eigenvalue weighted by molar-refractivity contribution is 6.58. The third kappa shape index (κ3) is 3.53. The van der Waals surface area contributed by atoms with Crippen molar-refractivity contribution < 1.29 is 14.3 Å². The number of anilines is 2. The lowest BCUT2D eigenvalue weighted by Crippen LogP contribution is -2.09. The second-order valence-electron chi connectivity index (χ2n) is 5.74. The average molecular weight is 481 g/mol. The zero-order valence-corrected chi connectivity index (χ0v) is 18.1. The molecule has 2 aromatic carbocycles. The Balaban J connectivity index is 2.18. The first-order chi connectivity index (χ1) is 13.2. The van der Waals surface area contributed by atoms with Gasteiger partial charge in [-0.2, -0.15) is 0 Å². The number of nitrogens with one attached hydrogen (secondary N) is 2. The molecule has 1 aliphatic rings. The molecule has 0 atom stereocenters. The van der Waals surface area contributed by atoms with Gasteiger partial charge in [0.25, 0.3) is 0 Å². The summed E-state index contributed by atoms with van der Waals surface area (Å²) in [5, 5.41) is 5.51. The van der Waals surface area contributed by atoms with E-state index in [1.165, 1.54) is 14.0 Å². The lowest BCUT2D eigenvalue weighted by atomic mass is 10.1. The second-order valence-corrected chi connectivity index (χ2v) is 7.63. The Morgan fingerprint density at radius 2 is 1.54 bits per heavy atom. The molecule has 0 unspecified atom stereocenters. The number of fused-ring (bicyclic) bond motifs is 1. The van der Waals surface area contributed by atoms with Gasteiger partial charge in [0.2, 0.25) is 11.7 Å². The van der Waals surface area contributed by atoms with Crippen LogP contribution in [0.3, 0.4) is 0 Å². The van der Waals surface area contributed by atoms with Crippen LogP contribution in [-0.2, 0) is 4.79 Å². The molecule has 0 saturated heterocycles. The molecule has 5 nitrogen and oxygen atoms in total. The summed E-state index contributed by atoms with van der Waals surface area (Å²) in [5.41, 5.74) is 1.33. The largest absolute Gasteiger partial charge is 0.497 e. The smallest absolute Gasteiger partial charge is 0.221 e. The molecule has 28 heavy (non-hydrogen) atoms. The maximum absolute atomic E-state index is 12.7. The minimum absolute atomic E-state index is 0.00160. The van der Waals surface area contributed by atoms with E-state index in [-0.39, 0.29) is 47.9 Å². The highest BCUT2D eigenvalue weighted by Gasteiger charge is 2.36. The Kier molecular flexibility index (Phi) is 6.03. The number of rotatable bonds is 4. The van der Waals surface area contributed by atoms with Gasteiger partial charge < -0.3 is 15.4 Å². The number of ketones is 1. The quantitative estimate of drug-likeness (QED) is 0.388. The molecule has 0 fully saturated rings. The molecule has 2 aromatic rings. The van der Waals surface area contributed by atoms with Gasteiger partial charge in [0, 0.05) is 18.6 Å². The molecule has 3 rings (SSSR count). The van der Waals surface area contributed by atoms with Crippen LogP contribution in [0.4, 0.5) is 11.4 Å². The highest BCUT2D eigenvalue weighted by atomic mass is 35.5. The van der Waals surface area contributed by atoms with Gasteiger partial charge in [0.05, 0.1) is 49.8 Å². The van der Waals surface area contributed by atoms with E-state index >= 15 is 0 Å². The topological polar surface area (TPSA) is 67.4 Å². The van der Waals surface area contributed by atoms with E-state index in [9.17, 15) is 9.59 Å². The van der Waals surface area contributed by atoms with Gasteiger partial charge in [-0.1, -0.05) is 58.0 Å². The van der Waals surface area contributed by atoms with E-state index in [1.807, 2.05) is 0 Å². The minimum Gasteiger partial charge on any atom is -0.497 e. The van der Waals surface area contributed by atoms with E-state index in [0.29, 0.717) is 17.1 Å². The molecule has 146 valence electrons. The van der Waals surface area contributed by atoms with E-state index < -0.39 is 5.78 Å². The van der Waals surface area contributed by atoms with Crippen LogP contribution in [0.2, 0.25) is 20.1 Å². The fourth-order valence-corrected chi connectivity index (χ4v) is 3.99. The van der Waals surface area contributed by atoms with Crippen molar-refractivity contribution in [3.63, 3.8) is 0 Å². The van der Waals surface area contributed by atoms with Crippen molar-refractivity contribution in [2.24, 2.45) is 0 Å². The van der Waals surface area contributed by atoms with Crippen LogP contribution in [0.5, 0.6) is 5.75 Å². The van der Waals surface area contributed by atoms with Gasteiger partial charge in [0.15, 0.2) is 0 Å². The number of carbonyl (C=O) groups excluding carboxylic acids is 2. The number of allylic oxidation sites excluding steroid dienone is 1. The summed E-state index contributed by atoms with van der Waals surface area (Å²) in [4.78, 5) is 24.2. The summed E-state index contributed by atoms with van der Waals surface area (Å²) in [6, 6.07) is 4.93. The summed E-state index contributed by atoms with van der Waals surface area (Å²) < 4.78 is 5.22. The van der Waals surface area contributed by atoms with E-state index in [1.54, 1.807) is 18.2 Å². The van der Waals surface area contributed by atoms with Crippen LogP contribution < -0.4 is 15.4 Å². The summed E-state index contributed by atoms with van der Waals surface area (Å²) >= 11 is 31.0. The normalized spacial score (nSPS) is 12.9. The molecule has 2 N–H and O–H groups in total. The Hall–Kier alpha value is -1.63. The fourth-order valence-electron chi connectivity index (χ4n) is 2.72. The second kappa shape index (κ2) is 8.01. The fraction of sp³-hybridized carbons (Fsp3) is 0.111. The molecular formula is C18H11Cl5N2O3. The zero-order valence-electron chi connectivity index (χ0n) is 14.3. The summed E-state index contributed by atoms with van der Waals surface area (Å²) in [6.45, 7) is 1.37. The van der Waals surface area contributed by atoms with E-state index in [0.717, 1.165) is 0 Å². The van der Waals surface area contributed by atoms with Gasteiger partial charge in [0.1, 0.15) is 10.8 Å². The van der Waals surface area contributed by atoms with E-state index in [2.05, 4.69) is 10.6 Å². The molecule has 0 spiro atoms. The molecular weight excluding hydrogens is 469 g/mol. The first-order valence-electron chi connectivity index (χ1n) is 7.70. The minimum atomic E-state index is -0.548. The molecule has 1 aliphatic carbocycles. The number of carbonyl (C=O) groups is 2. The van der Waals surface area contributed by atoms with E-state index in [4.69, 9.17) is 62.7 Å². The maximum Gasteiger partial charge on any atom is 0.221 e. The van der Waals surface area contributed by atoms with Crippen LogP contribution in [-0.4, -0.2) is 18.8 Å². The van der Waals surface area contributed by atoms with Crippen molar-refractivity contribution in [1.82, 2.24) is 0 Å².